The first-order valence-corrected chi connectivity index (χ1v) is 23.6. The number of likely N-dealkylation sites (N-methyl/N-ethyl adjacent to an activating group) is 3. The third kappa shape index (κ3) is 366. The molecule has 468 valence electrons. The number of nitrogens with zero attached hydrogens (tertiary/aromatic N) is 6. The van der Waals surface area contributed by atoms with Crippen LogP contribution < -0.4 is 38.1 Å². The minimum atomic E-state index is -1.08. The number of terminal acetylenes is 3. The molecule has 0 saturated heterocycles. The number of aliphatic hydroxyl groups is 4. The molecule has 0 aromatic carbocycles. The van der Waals surface area contributed by atoms with Gasteiger partial charge in [-0.15, -0.1) is 42.1 Å². The second-order valence-electron chi connectivity index (χ2n) is 11.3. The number of nitrogens with two attached hydrogens (primary N) is 2. The number of aliphatic carboxylic acids is 1. The number of carbonyl (C=O) groups is 4. The minimum absolute atomic E-state index is 0. The fourth-order valence-corrected chi connectivity index (χ4v) is 2.18. The van der Waals surface area contributed by atoms with Crippen molar-refractivity contribution in [1.82, 2.24) is 41.6 Å². The van der Waals surface area contributed by atoms with Gasteiger partial charge < -0.3 is 118 Å². The molecule has 0 aliphatic heterocycles. The van der Waals surface area contributed by atoms with Gasteiger partial charge in [-0.3, -0.25) is 16.4 Å². The number of carbonyl (C=O) groups excluding carboxylic acids is 3. The van der Waals surface area contributed by atoms with Crippen molar-refractivity contribution >= 4 is 23.6 Å². The average molecular weight is 1460 g/mol. The first kappa shape index (κ1) is 129. The van der Waals surface area contributed by atoms with Gasteiger partial charge in [-0.25, -0.2) is 0 Å². The number of azide groups is 1. The van der Waals surface area contributed by atoms with Gasteiger partial charge in [0.2, 0.25) is 0 Å². The van der Waals surface area contributed by atoms with E-state index in [-0.39, 0.29) is 175 Å². The summed E-state index contributed by atoms with van der Waals surface area (Å²) < 4.78 is 21.3. The second-order valence-corrected chi connectivity index (χ2v) is 11.3. The van der Waals surface area contributed by atoms with Crippen molar-refractivity contribution in [2.75, 3.05) is 153 Å². The van der Waals surface area contributed by atoms with Gasteiger partial charge in [0.15, 0.2) is 5.97 Å². The van der Waals surface area contributed by atoms with Gasteiger partial charge in [-0.1, -0.05) is 44.9 Å². The number of rotatable bonds is 22. The molecular weight excluding hydrogens is 1350 g/mol. The maximum absolute atomic E-state index is 9.59. The summed E-state index contributed by atoms with van der Waals surface area (Å²) in [6.45, 7) is 40.9. The van der Waals surface area contributed by atoms with Crippen LogP contribution in [0, 0.1) is 71.7 Å². The fraction of sp³-hybridized carbons (Fsp3) is 0.680. The van der Waals surface area contributed by atoms with E-state index in [2.05, 4.69) is 117 Å². The smallest absolute Gasteiger partial charge is 0.161 e. The van der Waals surface area contributed by atoms with E-state index in [4.69, 9.17) is 60.5 Å². The number of carboxylic acids is 1. The Morgan fingerprint density at radius 3 is 0.975 bits per heavy atom. The second kappa shape index (κ2) is 165. The molecule has 2 amide bonds. The number of hydrogen-bond acceptors (Lipinski definition) is 20. The van der Waals surface area contributed by atoms with Gasteiger partial charge in [-0.05, 0) is 72.6 Å². The number of nitrogens with one attached hydrogen (secondary N) is 5. The number of aromatic nitrogens is 3. The molecule has 0 fully saturated rings. The summed E-state index contributed by atoms with van der Waals surface area (Å²) in [5.74, 6) is 5.09. The van der Waals surface area contributed by atoms with Crippen LogP contribution in [0.4, 0.5) is 0 Å². The Morgan fingerprint density at radius 2 is 0.875 bits per heavy atom. The van der Waals surface area contributed by atoms with E-state index in [1.165, 1.54) is 35.1 Å². The van der Waals surface area contributed by atoms with Gasteiger partial charge in [0.1, 0.15) is 0 Å². The van der Waals surface area contributed by atoms with Gasteiger partial charge in [0, 0.05) is 196 Å². The average Bonchev–Trinajstić information content (AvgIpc) is 3.78. The predicted molar refractivity (Wildman–Crippen MR) is 310 cm³/mol. The van der Waals surface area contributed by atoms with Crippen LogP contribution in [0.5, 0.6) is 0 Å². The number of aryl methyl sites for hydroxylation is 2. The standard InChI is InChI=1S/3C6H15NO2.C4H7N3.C4H11NO2.2C3H6NO.C3H5O.3C3H4.C2H3O2.C2H6.CH3N3.CH5N.4Y/c3*1-2-7-3-5-9-6-4-8;1-4-3-7(2)6-5-4;5-1-3-7-4-2-6;2*1-3(5)4-2;1-3(2)4;3*1-3-2;1-2(3)4;1-2;1-3-4-2;1-2;;;;/h3*7-8H,2-6H2,1H3;3H,1-2H3;6H,1-5H2;2*1H2,2H3,(H,4,5);1H2,2H3;3*1H,2H3;1H2,(H,3,4);1-2H3;1H3;2H2,1H3;;;;/q;;;;;3*-1;;;;-1;;;;;;;. The van der Waals surface area contributed by atoms with Crippen LogP contribution in [0.25, 0.3) is 10.4 Å². The SMILES string of the molecule is C#CC.C#CC.C#CC.CC.CCNCCOCCO.CCNCCOCCO.CCNCCOCCO.CN.CN=[N+]=[N-].Cc1cn(C)nn1.NCCOCCO.[CH2-]C(=O)NC.[CH2-]C(=O)NC.[CH2-]C(=O)O.[CH2-]C(C)=O.[Y].[Y].[Y].[Y]. The largest absolute Gasteiger partial charge is 0.503 e. The van der Waals surface area contributed by atoms with E-state index < -0.39 is 5.97 Å². The Morgan fingerprint density at radius 1 is 0.675 bits per heavy atom. The summed E-state index contributed by atoms with van der Waals surface area (Å²) in [5, 5.41) is 64.5. The molecule has 0 unspecified atom stereocenters. The fourth-order valence-electron chi connectivity index (χ4n) is 2.18. The molecule has 4 radical (unpaired) electrons. The number of carboxylic acid groups (broad SMARTS) is 1. The normalized spacial score (nSPS) is 7.12. The Hall–Kier alpha value is -1.41. The van der Waals surface area contributed by atoms with Crippen LogP contribution in [0.3, 0.4) is 0 Å². The van der Waals surface area contributed by atoms with E-state index in [1.807, 2.05) is 54.8 Å². The zero-order valence-corrected chi connectivity index (χ0v) is 63.1. The summed E-state index contributed by atoms with van der Waals surface area (Å²) in [4.78, 5) is 39.8. The van der Waals surface area contributed by atoms with Crippen LogP contribution in [0.2, 0.25) is 0 Å². The monoisotopic (exact) mass is 1460 g/mol. The molecule has 1 aromatic heterocycles. The Bertz CT molecular complexity index is 1200. The number of hydrogen-bond donors (Lipinski definition) is 12. The van der Waals surface area contributed by atoms with E-state index in [1.54, 1.807) is 25.5 Å². The zero-order chi connectivity index (χ0) is 62.9. The van der Waals surface area contributed by atoms with Crippen LogP contribution in [-0.4, -0.2) is 217 Å². The summed E-state index contributed by atoms with van der Waals surface area (Å²) in [6, 6.07) is 0. The Kier molecular flexibility index (Phi) is 265. The van der Waals surface area contributed by atoms with Gasteiger partial charge in [-0.2, -0.15) is 0 Å². The first-order chi connectivity index (χ1) is 36.1. The molecule has 0 saturated carbocycles. The van der Waals surface area contributed by atoms with E-state index >= 15 is 0 Å². The van der Waals surface area contributed by atoms with Crippen molar-refractivity contribution in [2.45, 2.75) is 69.2 Å². The molecule has 30 heteroatoms. The van der Waals surface area contributed by atoms with Crippen LogP contribution in [0.15, 0.2) is 11.3 Å². The van der Waals surface area contributed by atoms with Crippen molar-refractivity contribution < 1.29 is 194 Å². The van der Waals surface area contributed by atoms with Gasteiger partial charge in [0.25, 0.3) is 0 Å². The van der Waals surface area contributed by atoms with E-state index in [9.17, 15) is 14.4 Å². The molecule has 0 bridgehead atoms. The van der Waals surface area contributed by atoms with E-state index in [0.29, 0.717) is 59.4 Å². The number of aliphatic hydroxyl groups excluding tert-OH is 4. The summed E-state index contributed by atoms with van der Waals surface area (Å²) in [6.07, 6.45) is 15.7. The molecule has 0 atom stereocenters. The van der Waals surface area contributed by atoms with Crippen molar-refractivity contribution in [3.05, 3.63) is 50.0 Å². The maximum Gasteiger partial charge on any atom is 0.161 e. The molecule has 0 aliphatic rings. The van der Waals surface area contributed by atoms with Crippen LogP contribution >= 0.6 is 0 Å². The molecule has 26 nitrogen and oxygen atoms in total. The third-order valence-corrected chi connectivity index (χ3v) is 4.59. The number of amides is 2. The summed E-state index contributed by atoms with van der Waals surface area (Å²) >= 11 is 0. The maximum atomic E-state index is 9.59. The van der Waals surface area contributed by atoms with Gasteiger partial charge in [0.05, 0.1) is 96.8 Å². The third-order valence-electron chi connectivity index (χ3n) is 4.59. The molecule has 1 aromatic rings. The topological polar surface area (TPSA) is 398 Å². The van der Waals surface area contributed by atoms with Crippen molar-refractivity contribution in [1.29, 1.82) is 0 Å². The molecule has 1 rings (SSSR count). The minimum Gasteiger partial charge on any atom is -0.503 e. The van der Waals surface area contributed by atoms with Gasteiger partial charge >= 0.3 is 0 Å². The number of Topliss-reactive ketones (excluding diaryl/α,β-unsaturated/α-hetero) is 1. The van der Waals surface area contributed by atoms with Crippen molar-refractivity contribution in [3.8, 4) is 37.0 Å². The molecule has 14 N–H and O–H groups in total. The van der Waals surface area contributed by atoms with Crippen LogP contribution in [-0.2, 0) is 176 Å². The molecule has 1 heterocycles. The molecular formula is C50H109N13O13Y4-4. The summed E-state index contributed by atoms with van der Waals surface area (Å²) in [7, 11) is 7.81. The molecule has 0 spiro atoms. The first-order valence-electron chi connectivity index (χ1n) is 23.6. The molecule has 80 heavy (non-hydrogen) atoms. The number of ketones is 1. The number of ether oxygens (including phenoxy) is 4. The van der Waals surface area contributed by atoms with Crippen molar-refractivity contribution in [2.24, 2.45) is 23.6 Å². The summed E-state index contributed by atoms with van der Waals surface area (Å²) in [5.41, 5.74) is 17.9. The Labute approximate surface area is 586 Å². The van der Waals surface area contributed by atoms with Crippen LogP contribution in [0.1, 0.15) is 68.0 Å². The zero-order valence-electron chi connectivity index (χ0n) is 51.7. The van der Waals surface area contributed by atoms with Crippen molar-refractivity contribution in [3.63, 3.8) is 0 Å². The molecule has 0 aliphatic carbocycles. The predicted octanol–water partition coefficient (Wildman–Crippen LogP) is 0.776. The quantitative estimate of drug-likeness (QED) is 0.0191. The Balaban J connectivity index is -0.0000000327. The van der Waals surface area contributed by atoms with E-state index in [0.717, 1.165) is 45.0 Å².